The lowest BCUT2D eigenvalue weighted by Crippen LogP contribution is -2.37. The molecule has 2 aromatic rings. The van der Waals surface area contributed by atoms with E-state index in [1.807, 2.05) is 17.0 Å². The number of aromatic hydroxyl groups is 1. The molecule has 0 spiro atoms. The van der Waals surface area contributed by atoms with E-state index in [9.17, 15) is 9.90 Å². The van der Waals surface area contributed by atoms with Gasteiger partial charge in [0.25, 0.3) is 0 Å². The molecule has 1 aromatic heterocycles. The summed E-state index contributed by atoms with van der Waals surface area (Å²) in [7, 11) is 1.53. The zero-order valence-electron chi connectivity index (χ0n) is 11.7. The molecule has 3 rings (SSSR count). The number of aromatic nitrogens is 1. The number of rotatable bonds is 3. The molecule has 0 unspecified atom stereocenters. The molecule has 0 atom stereocenters. The van der Waals surface area contributed by atoms with Crippen LogP contribution in [0.15, 0.2) is 24.3 Å². The zero-order valence-corrected chi connectivity index (χ0v) is 12.5. The van der Waals surface area contributed by atoms with Gasteiger partial charge in [0.05, 0.1) is 12.2 Å². The Balaban J connectivity index is 1.81. The highest BCUT2D eigenvalue weighted by atomic mass is 32.1. The third kappa shape index (κ3) is 2.91. The molecule has 0 saturated heterocycles. The molecule has 1 amide bonds. The fraction of sp³-hybridized carbons (Fsp3) is 0.333. The van der Waals surface area contributed by atoms with E-state index < -0.39 is 0 Å². The first-order chi connectivity index (χ1) is 10.2. The van der Waals surface area contributed by atoms with Crippen LogP contribution in [0.3, 0.4) is 0 Å². The van der Waals surface area contributed by atoms with Crippen molar-refractivity contribution in [2.75, 3.05) is 20.3 Å². The SMILES string of the molecule is COCC(=O)N1CCc2nc(-c3ccc(O)cc3)sc2C1. The van der Waals surface area contributed by atoms with Gasteiger partial charge in [0.2, 0.25) is 5.91 Å². The van der Waals surface area contributed by atoms with Crippen molar-refractivity contribution in [3.8, 4) is 16.3 Å². The molecule has 21 heavy (non-hydrogen) atoms. The minimum atomic E-state index is 0.0164. The fourth-order valence-corrected chi connectivity index (χ4v) is 3.48. The quantitative estimate of drug-likeness (QED) is 0.942. The number of fused-ring (bicyclic) bond motifs is 1. The predicted octanol–water partition coefficient (Wildman–Crippen LogP) is 2.05. The molecule has 0 radical (unpaired) electrons. The third-order valence-corrected chi connectivity index (χ3v) is 4.60. The van der Waals surface area contributed by atoms with Crippen LogP contribution < -0.4 is 0 Å². The monoisotopic (exact) mass is 304 g/mol. The Morgan fingerprint density at radius 2 is 2.19 bits per heavy atom. The lowest BCUT2D eigenvalue weighted by Gasteiger charge is -2.25. The van der Waals surface area contributed by atoms with E-state index in [4.69, 9.17) is 4.74 Å². The van der Waals surface area contributed by atoms with Gasteiger partial charge in [-0.2, -0.15) is 0 Å². The Kier molecular flexibility index (Phi) is 3.90. The normalized spacial score (nSPS) is 14.0. The number of carbonyl (C=O) groups excluding carboxylic acids is 1. The number of hydrogen-bond acceptors (Lipinski definition) is 5. The molecular weight excluding hydrogens is 288 g/mol. The van der Waals surface area contributed by atoms with Crippen molar-refractivity contribution < 1.29 is 14.6 Å². The van der Waals surface area contributed by atoms with E-state index >= 15 is 0 Å². The Morgan fingerprint density at radius 1 is 1.43 bits per heavy atom. The van der Waals surface area contributed by atoms with Crippen LogP contribution in [0.1, 0.15) is 10.6 Å². The van der Waals surface area contributed by atoms with Gasteiger partial charge < -0.3 is 14.7 Å². The van der Waals surface area contributed by atoms with Gasteiger partial charge in [0.15, 0.2) is 0 Å². The van der Waals surface area contributed by atoms with Crippen LogP contribution >= 0.6 is 11.3 Å². The fourth-order valence-electron chi connectivity index (χ4n) is 2.35. The molecule has 0 bridgehead atoms. The van der Waals surface area contributed by atoms with Gasteiger partial charge in [-0.05, 0) is 24.3 Å². The van der Waals surface area contributed by atoms with Crippen LogP contribution in [0.25, 0.3) is 10.6 Å². The molecule has 2 heterocycles. The summed E-state index contributed by atoms with van der Waals surface area (Å²) in [6.45, 7) is 1.42. The first kappa shape index (κ1) is 14.0. The van der Waals surface area contributed by atoms with E-state index in [-0.39, 0.29) is 18.3 Å². The summed E-state index contributed by atoms with van der Waals surface area (Å²) in [5.74, 6) is 0.263. The Bertz CT molecular complexity index is 651. The van der Waals surface area contributed by atoms with E-state index in [0.29, 0.717) is 13.1 Å². The summed E-state index contributed by atoms with van der Waals surface area (Å²) in [6.07, 6.45) is 0.777. The maximum atomic E-state index is 11.9. The maximum Gasteiger partial charge on any atom is 0.248 e. The summed E-state index contributed by atoms with van der Waals surface area (Å²) in [4.78, 5) is 19.5. The second-order valence-electron chi connectivity index (χ2n) is 4.93. The van der Waals surface area contributed by atoms with Crippen LogP contribution in [-0.4, -0.2) is 41.2 Å². The highest BCUT2D eigenvalue weighted by molar-refractivity contribution is 7.15. The van der Waals surface area contributed by atoms with Crippen molar-refractivity contribution in [2.45, 2.75) is 13.0 Å². The second-order valence-corrected chi connectivity index (χ2v) is 6.02. The van der Waals surface area contributed by atoms with Crippen LogP contribution in [0.2, 0.25) is 0 Å². The molecule has 0 fully saturated rings. The Morgan fingerprint density at radius 3 is 2.90 bits per heavy atom. The van der Waals surface area contributed by atoms with Crippen molar-refractivity contribution in [1.29, 1.82) is 0 Å². The van der Waals surface area contributed by atoms with Gasteiger partial charge in [0.1, 0.15) is 17.4 Å². The highest BCUT2D eigenvalue weighted by Gasteiger charge is 2.24. The number of hydrogen-bond donors (Lipinski definition) is 1. The van der Waals surface area contributed by atoms with E-state index in [1.165, 1.54) is 7.11 Å². The molecule has 0 saturated carbocycles. The molecule has 5 nitrogen and oxygen atoms in total. The standard InChI is InChI=1S/C15H16N2O3S/c1-20-9-14(19)17-7-6-12-13(8-17)21-15(16-12)10-2-4-11(18)5-3-10/h2-5,18H,6-9H2,1H3. The number of carbonyl (C=O) groups is 1. The summed E-state index contributed by atoms with van der Waals surface area (Å²) < 4.78 is 4.90. The summed E-state index contributed by atoms with van der Waals surface area (Å²) in [5.41, 5.74) is 2.06. The van der Waals surface area contributed by atoms with E-state index in [1.54, 1.807) is 23.5 Å². The van der Waals surface area contributed by atoms with Gasteiger partial charge in [-0.15, -0.1) is 11.3 Å². The minimum absolute atomic E-state index is 0.0164. The minimum Gasteiger partial charge on any atom is -0.508 e. The van der Waals surface area contributed by atoms with Gasteiger partial charge >= 0.3 is 0 Å². The number of amides is 1. The zero-order chi connectivity index (χ0) is 14.8. The number of phenolic OH excluding ortho intramolecular Hbond substituents is 1. The first-order valence-electron chi connectivity index (χ1n) is 6.72. The number of ether oxygens (including phenoxy) is 1. The van der Waals surface area contributed by atoms with Crippen molar-refractivity contribution in [3.63, 3.8) is 0 Å². The summed E-state index contributed by atoms with van der Waals surface area (Å²) >= 11 is 1.61. The van der Waals surface area contributed by atoms with Crippen LogP contribution in [0, 0.1) is 0 Å². The van der Waals surface area contributed by atoms with Crippen LogP contribution in [0.5, 0.6) is 5.75 Å². The molecule has 110 valence electrons. The first-order valence-corrected chi connectivity index (χ1v) is 7.53. The average Bonchev–Trinajstić information content (AvgIpc) is 2.91. The summed E-state index contributed by atoms with van der Waals surface area (Å²) in [5, 5.41) is 10.3. The van der Waals surface area contributed by atoms with E-state index in [0.717, 1.165) is 27.6 Å². The number of benzene rings is 1. The van der Waals surface area contributed by atoms with Crippen molar-refractivity contribution in [3.05, 3.63) is 34.8 Å². The Hall–Kier alpha value is -1.92. The van der Waals surface area contributed by atoms with Crippen LogP contribution in [0.4, 0.5) is 0 Å². The predicted molar refractivity (Wildman–Crippen MR) is 80.2 cm³/mol. The average molecular weight is 304 g/mol. The van der Waals surface area contributed by atoms with Gasteiger partial charge in [0, 0.05) is 30.5 Å². The highest BCUT2D eigenvalue weighted by Crippen LogP contribution is 2.32. The van der Waals surface area contributed by atoms with Gasteiger partial charge in [-0.3, -0.25) is 4.79 Å². The van der Waals surface area contributed by atoms with Crippen molar-refractivity contribution in [2.24, 2.45) is 0 Å². The molecule has 1 aliphatic rings. The molecule has 1 aromatic carbocycles. The molecule has 1 aliphatic heterocycles. The third-order valence-electron chi connectivity index (χ3n) is 3.47. The molecule has 1 N–H and O–H groups in total. The lowest BCUT2D eigenvalue weighted by molar-refractivity contribution is -0.136. The molecule has 0 aliphatic carbocycles. The second kappa shape index (κ2) is 5.83. The van der Waals surface area contributed by atoms with Crippen molar-refractivity contribution >= 4 is 17.2 Å². The lowest BCUT2D eigenvalue weighted by atomic mass is 10.1. The van der Waals surface area contributed by atoms with Crippen LogP contribution in [-0.2, 0) is 22.5 Å². The summed E-state index contributed by atoms with van der Waals surface area (Å²) in [6, 6.07) is 7.02. The van der Waals surface area contributed by atoms with Gasteiger partial charge in [-0.1, -0.05) is 0 Å². The molecular formula is C15H16N2O3S. The van der Waals surface area contributed by atoms with E-state index in [2.05, 4.69) is 4.98 Å². The topological polar surface area (TPSA) is 62.7 Å². The number of phenols is 1. The maximum absolute atomic E-state index is 11.9. The number of thiazole rings is 1. The van der Waals surface area contributed by atoms with Gasteiger partial charge in [-0.25, -0.2) is 4.98 Å². The number of methoxy groups -OCH3 is 1. The van der Waals surface area contributed by atoms with Crippen molar-refractivity contribution in [1.82, 2.24) is 9.88 Å². The Labute approximate surface area is 126 Å². The smallest absolute Gasteiger partial charge is 0.248 e. The molecule has 6 heteroatoms. The number of nitrogens with zero attached hydrogens (tertiary/aromatic N) is 2. The largest absolute Gasteiger partial charge is 0.508 e.